The molecular formula is C13H24N2O. The molecule has 3 heteroatoms. The first-order valence-electron chi connectivity index (χ1n) is 6.15. The van der Waals surface area contributed by atoms with Crippen LogP contribution >= 0.6 is 0 Å². The molecule has 1 N–H and O–H groups in total. The number of nitrogens with zero attached hydrogens (tertiary/aromatic N) is 1. The predicted octanol–water partition coefficient (Wildman–Crippen LogP) is 2.49. The zero-order valence-corrected chi connectivity index (χ0v) is 10.7. The van der Waals surface area contributed by atoms with Crippen LogP contribution in [-0.4, -0.2) is 31.1 Å². The summed E-state index contributed by atoms with van der Waals surface area (Å²) >= 11 is 0. The first-order chi connectivity index (χ1) is 7.72. The molecule has 0 spiro atoms. The van der Waals surface area contributed by atoms with Gasteiger partial charge in [-0.05, 0) is 26.5 Å². The summed E-state index contributed by atoms with van der Waals surface area (Å²) in [4.78, 5) is 2.30. The molecule has 0 radical (unpaired) electrons. The monoisotopic (exact) mass is 224 g/mol. The van der Waals surface area contributed by atoms with Crippen molar-refractivity contribution in [1.82, 2.24) is 10.2 Å². The summed E-state index contributed by atoms with van der Waals surface area (Å²) in [6.45, 7) is 7.55. The van der Waals surface area contributed by atoms with Gasteiger partial charge in [0.15, 0.2) is 0 Å². The topological polar surface area (TPSA) is 28.4 Å². The van der Waals surface area contributed by atoms with E-state index >= 15 is 0 Å². The Morgan fingerprint density at radius 1 is 1.50 bits per heavy atom. The van der Waals surface area contributed by atoms with Crippen LogP contribution < -0.4 is 5.32 Å². The molecule has 0 saturated heterocycles. The Labute approximate surface area is 98.8 Å². The molecule has 92 valence electrons. The second-order valence-electron chi connectivity index (χ2n) is 4.51. The third kappa shape index (κ3) is 5.33. The molecule has 0 aliphatic carbocycles. The molecule has 1 unspecified atom stereocenters. The highest BCUT2D eigenvalue weighted by atomic mass is 16.3. The summed E-state index contributed by atoms with van der Waals surface area (Å²) in [6, 6.07) is 2.65. The van der Waals surface area contributed by atoms with Crippen LogP contribution in [0.4, 0.5) is 0 Å². The average molecular weight is 224 g/mol. The van der Waals surface area contributed by atoms with Gasteiger partial charge in [-0.25, -0.2) is 0 Å². The van der Waals surface area contributed by atoms with Gasteiger partial charge < -0.3 is 14.6 Å². The van der Waals surface area contributed by atoms with Gasteiger partial charge in [0.05, 0.1) is 12.5 Å². The lowest BCUT2D eigenvalue weighted by Crippen LogP contribution is -2.33. The number of hydrogen-bond donors (Lipinski definition) is 1. The van der Waals surface area contributed by atoms with Crippen molar-refractivity contribution in [3.63, 3.8) is 0 Å². The van der Waals surface area contributed by atoms with E-state index in [1.165, 1.54) is 18.4 Å². The maximum Gasteiger partial charge on any atom is 0.0947 e. The SMILES string of the molecule is CCCC(C)NCCN(C)Cc1ccoc1. The standard InChI is InChI=1S/C13H24N2O/c1-4-5-12(2)14-7-8-15(3)10-13-6-9-16-11-13/h6,9,11-12,14H,4-5,7-8,10H2,1-3H3. The lowest BCUT2D eigenvalue weighted by molar-refractivity contribution is 0.315. The summed E-state index contributed by atoms with van der Waals surface area (Å²) in [6.07, 6.45) is 6.04. The van der Waals surface area contributed by atoms with Gasteiger partial charge in [-0.15, -0.1) is 0 Å². The molecule has 1 aromatic rings. The molecule has 0 aliphatic rings. The summed E-state index contributed by atoms with van der Waals surface area (Å²) in [5.41, 5.74) is 1.24. The van der Waals surface area contributed by atoms with E-state index in [1.807, 2.05) is 12.3 Å². The van der Waals surface area contributed by atoms with Crippen molar-refractivity contribution >= 4 is 0 Å². The number of nitrogens with one attached hydrogen (secondary N) is 1. The van der Waals surface area contributed by atoms with Gasteiger partial charge in [-0.3, -0.25) is 0 Å². The van der Waals surface area contributed by atoms with Crippen molar-refractivity contribution in [3.05, 3.63) is 24.2 Å². The average Bonchev–Trinajstić information content (AvgIpc) is 2.70. The maximum absolute atomic E-state index is 5.05. The van der Waals surface area contributed by atoms with Gasteiger partial charge in [0, 0.05) is 31.2 Å². The number of hydrogen-bond acceptors (Lipinski definition) is 3. The molecule has 1 aromatic heterocycles. The summed E-state index contributed by atoms with van der Waals surface area (Å²) < 4.78 is 5.05. The predicted molar refractivity (Wildman–Crippen MR) is 67.4 cm³/mol. The van der Waals surface area contributed by atoms with Crippen LogP contribution in [0, 0.1) is 0 Å². The molecule has 0 bridgehead atoms. The molecule has 0 fully saturated rings. The quantitative estimate of drug-likeness (QED) is 0.735. The van der Waals surface area contributed by atoms with Crippen molar-refractivity contribution < 1.29 is 4.42 Å². The molecule has 0 saturated carbocycles. The van der Waals surface area contributed by atoms with Crippen molar-refractivity contribution in [1.29, 1.82) is 0 Å². The maximum atomic E-state index is 5.05. The normalized spacial score (nSPS) is 13.2. The Bertz CT molecular complexity index is 259. The largest absolute Gasteiger partial charge is 0.472 e. The second kappa shape index (κ2) is 7.47. The highest BCUT2D eigenvalue weighted by molar-refractivity contribution is 5.04. The smallest absolute Gasteiger partial charge is 0.0947 e. The third-order valence-corrected chi connectivity index (χ3v) is 2.74. The fourth-order valence-electron chi connectivity index (χ4n) is 1.81. The van der Waals surface area contributed by atoms with Gasteiger partial charge in [0.1, 0.15) is 0 Å². The van der Waals surface area contributed by atoms with Crippen LogP contribution in [-0.2, 0) is 6.54 Å². The zero-order chi connectivity index (χ0) is 11.8. The molecule has 3 nitrogen and oxygen atoms in total. The number of likely N-dealkylation sites (N-methyl/N-ethyl adjacent to an activating group) is 1. The molecule has 1 atom stereocenters. The minimum absolute atomic E-state index is 0.632. The Morgan fingerprint density at radius 2 is 2.31 bits per heavy atom. The summed E-state index contributed by atoms with van der Waals surface area (Å²) in [5.74, 6) is 0. The lowest BCUT2D eigenvalue weighted by atomic mass is 10.2. The van der Waals surface area contributed by atoms with Crippen LogP contribution in [0.25, 0.3) is 0 Å². The van der Waals surface area contributed by atoms with Gasteiger partial charge in [0.25, 0.3) is 0 Å². The molecule has 0 aliphatic heterocycles. The van der Waals surface area contributed by atoms with E-state index in [-0.39, 0.29) is 0 Å². The van der Waals surface area contributed by atoms with E-state index < -0.39 is 0 Å². The van der Waals surface area contributed by atoms with Crippen molar-refractivity contribution in [2.75, 3.05) is 20.1 Å². The van der Waals surface area contributed by atoms with E-state index in [4.69, 9.17) is 4.42 Å². The highest BCUT2D eigenvalue weighted by Gasteiger charge is 2.03. The van der Waals surface area contributed by atoms with E-state index in [1.54, 1.807) is 6.26 Å². The molecule has 16 heavy (non-hydrogen) atoms. The second-order valence-corrected chi connectivity index (χ2v) is 4.51. The molecular weight excluding hydrogens is 200 g/mol. The minimum atomic E-state index is 0.632. The fourth-order valence-corrected chi connectivity index (χ4v) is 1.81. The number of rotatable bonds is 8. The Hall–Kier alpha value is -0.800. The Kier molecular flexibility index (Phi) is 6.19. The van der Waals surface area contributed by atoms with Crippen molar-refractivity contribution in [2.24, 2.45) is 0 Å². The van der Waals surface area contributed by atoms with Crippen molar-refractivity contribution in [3.8, 4) is 0 Å². The molecule has 1 heterocycles. The first-order valence-corrected chi connectivity index (χ1v) is 6.15. The van der Waals surface area contributed by atoms with Gasteiger partial charge in [0.2, 0.25) is 0 Å². The van der Waals surface area contributed by atoms with Crippen LogP contribution in [0.2, 0.25) is 0 Å². The van der Waals surface area contributed by atoms with Gasteiger partial charge in [-0.2, -0.15) is 0 Å². The Balaban J connectivity index is 2.08. The van der Waals surface area contributed by atoms with E-state index in [9.17, 15) is 0 Å². The summed E-state index contributed by atoms with van der Waals surface area (Å²) in [5, 5.41) is 3.53. The van der Waals surface area contributed by atoms with Crippen LogP contribution in [0.15, 0.2) is 23.0 Å². The molecule has 1 rings (SSSR count). The van der Waals surface area contributed by atoms with E-state index in [2.05, 4.69) is 31.1 Å². The van der Waals surface area contributed by atoms with Crippen LogP contribution in [0.1, 0.15) is 32.3 Å². The van der Waals surface area contributed by atoms with Crippen LogP contribution in [0.5, 0.6) is 0 Å². The van der Waals surface area contributed by atoms with Crippen molar-refractivity contribution in [2.45, 2.75) is 39.3 Å². The van der Waals surface area contributed by atoms with E-state index in [0.717, 1.165) is 19.6 Å². The molecule has 0 aromatic carbocycles. The third-order valence-electron chi connectivity index (χ3n) is 2.74. The van der Waals surface area contributed by atoms with E-state index in [0.29, 0.717) is 6.04 Å². The highest BCUT2D eigenvalue weighted by Crippen LogP contribution is 2.03. The Morgan fingerprint density at radius 3 is 2.94 bits per heavy atom. The number of furan rings is 1. The van der Waals surface area contributed by atoms with Gasteiger partial charge in [-0.1, -0.05) is 13.3 Å². The fraction of sp³-hybridized carbons (Fsp3) is 0.692. The van der Waals surface area contributed by atoms with Crippen LogP contribution in [0.3, 0.4) is 0 Å². The zero-order valence-electron chi connectivity index (χ0n) is 10.7. The first kappa shape index (κ1) is 13.3. The summed E-state index contributed by atoms with van der Waals surface area (Å²) in [7, 11) is 2.14. The lowest BCUT2D eigenvalue weighted by Gasteiger charge is -2.18. The van der Waals surface area contributed by atoms with Gasteiger partial charge >= 0.3 is 0 Å². The minimum Gasteiger partial charge on any atom is -0.472 e. The molecule has 0 amide bonds.